The largest absolute Gasteiger partial charge is 0.417 e. The molecule has 1 aromatic rings. The van der Waals surface area contributed by atoms with E-state index in [4.69, 9.17) is 0 Å². The molecule has 0 amide bonds. The standard InChI is InChI=1S/C11H11F6N3O/c12-10(13,14)7-1-2-8(18-3-7)4-19-20-5-9(21-6-20)11(15,16)17/h1-3,9,19H,4-6H2. The van der Waals surface area contributed by atoms with Gasteiger partial charge < -0.3 is 4.74 Å². The van der Waals surface area contributed by atoms with Crippen LogP contribution in [0, 0.1) is 0 Å². The van der Waals surface area contributed by atoms with Gasteiger partial charge in [-0.15, -0.1) is 0 Å². The van der Waals surface area contributed by atoms with Crippen molar-refractivity contribution in [2.75, 3.05) is 13.3 Å². The van der Waals surface area contributed by atoms with Gasteiger partial charge in [0.1, 0.15) is 6.73 Å². The molecule has 0 bridgehead atoms. The predicted molar refractivity (Wildman–Crippen MR) is 58.6 cm³/mol. The summed E-state index contributed by atoms with van der Waals surface area (Å²) < 4.78 is 78.6. The van der Waals surface area contributed by atoms with Crippen LogP contribution in [0.2, 0.25) is 0 Å². The second-order valence-corrected chi connectivity index (χ2v) is 4.42. The number of pyridine rings is 1. The predicted octanol–water partition coefficient (Wildman–Crippen LogP) is 2.33. The van der Waals surface area contributed by atoms with E-state index in [1.54, 1.807) is 0 Å². The van der Waals surface area contributed by atoms with Crippen LogP contribution in [0.15, 0.2) is 18.3 Å². The number of nitrogens with zero attached hydrogens (tertiary/aromatic N) is 2. The van der Waals surface area contributed by atoms with Crippen molar-refractivity contribution in [1.29, 1.82) is 0 Å². The quantitative estimate of drug-likeness (QED) is 0.869. The minimum absolute atomic E-state index is 0.00603. The number of aromatic nitrogens is 1. The zero-order chi connectivity index (χ0) is 15.7. The average molecular weight is 315 g/mol. The number of alkyl halides is 6. The lowest BCUT2D eigenvalue weighted by molar-refractivity contribution is -0.202. The average Bonchev–Trinajstić information content (AvgIpc) is 2.84. The molecule has 0 aromatic carbocycles. The van der Waals surface area contributed by atoms with Crippen molar-refractivity contribution in [3.05, 3.63) is 29.6 Å². The van der Waals surface area contributed by atoms with Gasteiger partial charge in [-0.3, -0.25) is 4.98 Å². The SMILES string of the molecule is FC(F)(F)c1ccc(CNN2COC(C(F)(F)F)C2)nc1. The lowest BCUT2D eigenvalue weighted by atomic mass is 10.2. The third-order valence-corrected chi connectivity index (χ3v) is 2.82. The van der Waals surface area contributed by atoms with Crippen LogP contribution in [0.4, 0.5) is 26.3 Å². The summed E-state index contributed by atoms with van der Waals surface area (Å²) in [4.78, 5) is 3.60. The highest BCUT2D eigenvalue weighted by Gasteiger charge is 2.45. The van der Waals surface area contributed by atoms with Gasteiger partial charge in [0.05, 0.1) is 24.3 Å². The zero-order valence-electron chi connectivity index (χ0n) is 10.5. The Labute approximate surface area is 115 Å². The summed E-state index contributed by atoms with van der Waals surface area (Å²) in [5.41, 5.74) is 2.02. The zero-order valence-corrected chi connectivity index (χ0v) is 10.5. The molecule has 0 saturated carbocycles. The number of nitrogens with one attached hydrogen (secondary N) is 1. The Morgan fingerprint density at radius 2 is 1.95 bits per heavy atom. The summed E-state index contributed by atoms with van der Waals surface area (Å²) >= 11 is 0. The maximum atomic E-state index is 12.4. The van der Waals surface area contributed by atoms with Crippen molar-refractivity contribution in [3.63, 3.8) is 0 Å². The van der Waals surface area contributed by atoms with Gasteiger partial charge in [-0.2, -0.15) is 26.3 Å². The molecular formula is C11H11F6N3O. The smallest absolute Gasteiger partial charge is 0.351 e. The molecule has 1 fully saturated rings. The molecule has 2 rings (SSSR count). The maximum absolute atomic E-state index is 12.4. The van der Waals surface area contributed by atoms with E-state index in [1.165, 1.54) is 5.01 Å². The highest BCUT2D eigenvalue weighted by molar-refractivity contribution is 5.16. The molecule has 0 radical (unpaired) electrons. The fraction of sp³-hybridized carbons (Fsp3) is 0.545. The Morgan fingerprint density at radius 3 is 2.43 bits per heavy atom. The lowest BCUT2D eigenvalue weighted by Crippen LogP contribution is -2.39. The first-order valence-electron chi connectivity index (χ1n) is 5.85. The molecule has 1 atom stereocenters. The lowest BCUT2D eigenvalue weighted by Gasteiger charge is -2.16. The third kappa shape index (κ3) is 4.29. The van der Waals surface area contributed by atoms with Crippen LogP contribution in [0.1, 0.15) is 11.3 Å². The molecule has 1 aliphatic rings. The molecule has 21 heavy (non-hydrogen) atoms. The van der Waals surface area contributed by atoms with Crippen LogP contribution in [0.5, 0.6) is 0 Å². The molecule has 0 aliphatic carbocycles. The first-order valence-corrected chi connectivity index (χ1v) is 5.85. The molecule has 2 heterocycles. The Kier molecular flexibility index (Phi) is 4.40. The van der Waals surface area contributed by atoms with Gasteiger partial charge in [0.25, 0.3) is 0 Å². The van der Waals surface area contributed by atoms with Crippen molar-refractivity contribution in [1.82, 2.24) is 15.4 Å². The van der Waals surface area contributed by atoms with E-state index in [0.29, 0.717) is 6.20 Å². The number of ether oxygens (including phenoxy) is 1. The van der Waals surface area contributed by atoms with E-state index in [0.717, 1.165) is 12.1 Å². The van der Waals surface area contributed by atoms with Crippen LogP contribution >= 0.6 is 0 Å². The summed E-state index contributed by atoms with van der Waals surface area (Å²) in [6, 6.07) is 2.02. The Balaban J connectivity index is 1.84. The fourth-order valence-corrected chi connectivity index (χ4v) is 1.68. The highest BCUT2D eigenvalue weighted by Crippen LogP contribution is 2.28. The van der Waals surface area contributed by atoms with Gasteiger partial charge in [0, 0.05) is 6.20 Å². The van der Waals surface area contributed by atoms with Gasteiger partial charge in [-0.05, 0) is 12.1 Å². The van der Waals surface area contributed by atoms with E-state index in [1.807, 2.05) is 0 Å². The topological polar surface area (TPSA) is 37.4 Å². The van der Waals surface area contributed by atoms with Crippen molar-refractivity contribution >= 4 is 0 Å². The van der Waals surface area contributed by atoms with E-state index < -0.39 is 24.0 Å². The molecule has 118 valence electrons. The summed E-state index contributed by atoms with van der Waals surface area (Å²) in [5.74, 6) is 0. The highest BCUT2D eigenvalue weighted by atomic mass is 19.4. The molecular weight excluding hydrogens is 304 g/mol. The summed E-state index contributed by atoms with van der Waals surface area (Å²) in [6.07, 6.45) is -10.1. The number of hydrazine groups is 1. The monoisotopic (exact) mass is 315 g/mol. The number of rotatable bonds is 3. The Bertz CT molecular complexity index is 472. The van der Waals surface area contributed by atoms with E-state index >= 15 is 0 Å². The van der Waals surface area contributed by atoms with Gasteiger partial charge in [-0.25, -0.2) is 10.4 Å². The van der Waals surface area contributed by atoms with Crippen LogP contribution in [0.3, 0.4) is 0 Å². The van der Waals surface area contributed by atoms with E-state index in [-0.39, 0.29) is 25.5 Å². The van der Waals surface area contributed by atoms with Crippen molar-refractivity contribution in [2.45, 2.75) is 25.0 Å². The second kappa shape index (κ2) is 5.78. The minimum atomic E-state index is -4.47. The fourth-order valence-electron chi connectivity index (χ4n) is 1.68. The minimum Gasteiger partial charge on any atom is -0.351 e. The van der Waals surface area contributed by atoms with E-state index in [9.17, 15) is 26.3 Å². The van der Waals surface area contributed by atoms with Gasteiger partial charge >= 0.3 is 12.4 Å². The normalized spacial score (nSPS) is 21.0. The van der Waals surface area contributed by atoms with Crippen molar-refractivity contribution < 1.29 is 31.1 Å². The molecule has 1 unspecified atom stereocenters. The van der Waals surface area contributed by atoms with Gasteiger partial charge in [0.15, 0.2) is 6.10 Å². The van der Waals surface area contributed by atoms with Crippen LogP contribution in [0.25, 0.3) is 0 Å². The molecule has 1 aromatic heterocycles. The summed E-state index contributed by atoms with van der Waals surface area (Å²) in [6.45, 7) is -0.638. The molecule has 10 heteroatoms. The Hall–Kier alpha value is -1.39. The molecule has 1 saturated heterocycles. The van der Waals surface area contributed by atoms with Crippen molar-refractivity contribution in [2.24, 2.45) is 0 Å². The molecule has 4 nitrogen and oxygen atoms in total. The van der Waals surface area contributed by atoms with Gasteiger partial charge in [-0.1, -0.05) is 0 Å². The first kappa shape index (κ1) is 16.0. The maximum Gasteiger partial charge on any atom is 0.417 e. The molecule has 1 N–H and O–H groups in total. The molecule has 0 spiro atoms. The molecule has 1 aliphatic heterocycles. The summed E-state index contributed by atoms with van der Waals surface area (Å²) in [7, 11) is 0. The van der Waals surface area contributed by atoms with E-state index in [2.05, 4.69) is 15.1 Å². The number of halogens is 6. The van der Waals surface area contributed by atoms with Crippen LogP contribution in [-0.2, 0) is 17.5 Å². The van der Waals surface area contributed by atoms with Crippen LogP contribution in [-0.4, -0.2) is 35.5 Å². The van der Waals surface area contributed by atoms with Gasteiger partial charge in [0.2, 0.25) is 0 Å². The second-order valence-electron chi connectivity index (χ2n) is 4.42. The number of hydrogen-bond acceptors (Lipinski definition) is 4. The Morgan fingerprint density at radius 1 is 1.24 bits per heavy atom. The van der Waals surface area contributed by atoms with Crippen LogP contribution < -0.4 is 5.43 Å². The third-order valence-electron chi connectivity index (χ3n) is 2.82. The first-order chi connectivity index (χ1) is 9.66. The number of hydrogen-bond donors (Lipinski definition) is 1. The van der Waals surface area contributed by atoms with Crippen molar-refractivity contribution in [3.8, 4) is 0 Å². The summed E-state index contributed by atoms with van der Waals surface area (Å²) in [5, 5.41) is 1.19.